The quantitative estimate of drug-likeness (QED) is 0.938. The fourth-order valence-corrected chi connectivity index (χ4v) is 2.54. The number of hydrogen-bond acceptors (Lipinski definition) is 5. The van der Waals surface area contributed by atoms with Gasteiger partial charge >= 0.3 is 0 Å². The number of carbonyl (C=O) groups excluding carboxylic acids is 1. The lowest BCUT2D eigenvalue weighted by Crippen LogP contribution is -2.47. The Hall–Kier alpha value is -2.47. The molecule has 0 bridgehead atoms. The van der Waals surface area contributed by atoms with Gasteiger partial charge in [-0.2, -0.15) is 0 Å². The topological polar surface area (TPSA) is 61.4 Å². The Kier molecular flexibility index (Phi) is 4.52. The molecule has 120 valence electrons. The Morgan fingerprint density at radius 2 is 1.87 bits per heavy atom. The lowest BCUT2D eigenvalue weighted by molar-refractivity contribution is 0.0658. The largest absolute Gasteiger partial charge is 0.335 e. The molecule has 1 amide bonds. The molecule has 1 fully saturated rings. The van der Waals surface area contributed by atoms with Gasteiger partial charge in [-0.3, -0.25) is 4.79 Å². The van der Waals surface area contributed by atoms with Crippen LogP contribution in [0.15, 0.2) is 36.5 Å². The van der Waals surface area contributed by atoms with Gasteiger partial charge in [0.2, 0.25) is 5.95 Å². The van der Waals surface area contributed by atoms with Crippen LogP contribution in [-0.2, 0) is 0 Å². The van der Waals surface area contributed by atoms with Gasteiger partial charge in [0.05, 0.1) is 0 Å². The van der Waals surface area contributed by atoms with Crippen LogP contribution in [0.1, 0.15) is 16.1 Å². The Balaban J connectivity index is 1.75. The highest BCUT2D eigenvalue weighted by Gasteiger charge is 2.21. The number of likely N-dealkylation sites (N-methyl/N-ethyl adjacent to an activating group) is 1. The summed E-state index contributed by atoms with van der Waals surface area (Å²) in [5.74, 6) is 0.410. The average Bonchev–Trinajstić information content (AvgIpc) is 2.57. The number of hydrogen-bond donors (Lipinski definition) is 1. The molecule has 6 nitrogen and oxygen atoms in total. The number of benzene rings is 1. The van der Waals surface area contributed by atoms with E-state index in [4.69, 9.17) is 0 Å². The maximum atomic E-state index is 12.6. The smallest absolute Gasteiger partial charge is 0.272 e. The molecule has 1 aromatic carbocycles. The summed E-state index contributed by atoms with van der Waals surface area (Å²) in [6, 6.07) is 9.59. The highest BCUT2D eigenvalue weighted by Crippen LogP contribution is 2.17. The first-order valence-corrected chi connectivity index (χ1v) is 7.77. The molecule has 0 spiro atoms. The number of amides is 1. The van der Waals surface area contributed by atoms with E-state index in [0.29, 0.717) is 11.6 Å². The number of anilines is 2. The van der Waals surface area contributed by atoms with Crippen LogP contribution in [0, 0.1) is 6.92 Å². The van der Waals surface area contributed by atoms with Gasteiger partial charge in [0.25, 0.3) is 5.91 Å². The predicted octanol–water partition coefficient (Wildman–Crippen LogP) is 1.92. The van der Waals surface area contributed by atoms with Crippen LogP contribution in [0.4, 0.5) is 11.6 Å². The summed E-state index contributed by atoms with van der Waals surface area (Å²) in [7, 11) is 2.07. The minimum Gasteiger partial charge on any atom is -0.335 e. The number of nitrogens with one attached hydrogen (secondary N) is 1. The maximum absolute atomic E-state index is 12.6. The molecule has 6 heteroatoms. The second kappa shape index (κ2) is 6.75. The third-order valence-electron chi connectivity index (χ3n) is 4.06. The van der Waals surface area contributed by atoms with Gasteiger partial charge in [-0.25, -0.2) is 9.97 Å². The standard InChI is InChI=1S/C17H21N5O/c1-13-5-3-4-6-14(13)19-17-18-8-7-15(20-17)16(23)22-11-9-21(2)10-12-22/h3-8H,9-12H2,1-2H3,(H,18,19,20). The van der Waals surface area contributed by atoms with Crippen molar-refractivity contribution >= 4 is 17.5 Å². The zero-order chi connectivity index (χ0) is 16.2. The van der Waals surface area contributed by atoms with Crippen molar-refractivity contribution in [3.63, 3.8) is 0 Å². The first kappa shape index (κ1) is 15.4. The Bertz CT molecular complexity index is 695. The number of aromatic nitrogens is 2. The van der Waals surface area contributed by atoms with Gasteiger partial charge < -0.3 is 15.1 Å². The maximum Gasteiger partial charge on any atom is 0.272 e. The van der Waals surface area contributed by atoms with Gasteiger partial charge in [0, 0.05) is 38.1 Å². The van der Waals surface area contributed by atoms with Crippen molar-refractivity contribution in [3.8, 4) is 0 Å². The second-order valence-electron chi connectivity index (χ2n) is 5.80. The van der Waals surface area contributed by atoms with Crippen LogP contribution in [0.2, 0.25) is 0 Å². The molecule has 0 radical (unpaired) electrons. The van der Waals surface area contributed by atoms with Gasteiger partial charge in [-0.15, -0.1) is 0 Å². The molecule has 0 saturated carbocycles. The van der Waals surface area contributed by atoms with E-state index >= 15 is 0 Å². The third kappa shape index (κ3) is 3.65. The number of rotatable bonds is 3. The minimum absolute atomic E-state index is 0.0340. The highest BCUT2D eigenvalue weighted by molar-refractivity contribution is 5.92. The summed E-state index contributed by atoms with van der Waals surface area (Å²) in [4.78, 5) is 25.2. The van der Waals surface area contributed by atoms with Crippen molar-refractivity contribution in [1.29, 1.82) is 0 Å². The van der Waals surface area contributed by atoms with E-state index in [1.807, 2.05) is 36.1 Å². The summed E-state index contributed by atoms with van der Waals surface area (Å²) in [5, 5.41) is 3.18. The van der Waals surface area contributed by atoms with Crippen molar-refractivity contribution in [2.45, 2.75) is 6.92 Å². The lowest BCUT2D eigenvalue weighted by atomic mass is 10.2. The van der Waals surface area contributed by atoms with E-state index in [1.54, 1.807) is 12.3 Å². The van der Waals surface area contributed by atoms with Crippen LogP contribution >= 0.6 is 0 Å². The average molecular weight is 311 g/mol. The fraction of sp³-hybridized carbons (Fsp3) is 0.353. The molecule has 2 heterocycles. The van der Waals surface area contributed by atoms with Crippen molar-refractivity contribution in [1.82, 2.24) is 19.8 Å². The van der Waals surface area contributed by atoms with E-state index in [9.17, 15) is 4.79 Å². The monoisotopic (exact) mass is 311 g/mol. The third-order valence-corrected chi connectivity index (χ3v) is 4.06. The van der Waals surface area contributed by atoms with Crippen molar-refractivity contribution in [3.05, 3.63) is 47.8 Å². The zero-order valence-corrected chi connectivity index (χ0v) is 13.5. The molecule has 1 aliphatic rings. The number of para-hydroxylation sites is 1. The molecule has 1 N–H and O–H groups in total. The second-order valence-corrected chi connectivity index (χ2v) is 5.80. The summed E-state index contributed by atoms with van der Waals surface area (Å²) >= 11 is 0. The van der Waals surface area contributed by atoms with Crippen LogP contribution in [-0.4, -0.2) is 58.9 Å². The van der Waals surface area contributed by atoms with Crippen LogP contribution in [0.25, 0.3) is 0 Å². The molecule has 3 rings (SSSR count). The van der Waals surface area contributed by atoms with E-state index in [2.05, 4.69) is 27.2 Å². The number of nitrogens with zero attached hydrogens (tertiary/aromatic N) is 4. The molecule has 1 aromatic heterocycles. The van der Waals surface area contributed by atoms with Crippen molar-refractivity contribution < 1.29 is 4.79 Å². The molecule has 0 aliphatic carbocycles. The van der Waals surface area contributed by atoms with Crippen molar-refractivity contribution in [2.24, 2.45) is 0 Å². The first-order valence-electron chi connectivity index (χ1n) is 7.77. The minimum atomic E-state index is -0.0340. The number of carbonyl (C=O) groups is 1. The molecule has 0 unspecified atom stereocenters. The molecule has 1 saturated heterocycles. The molecule has 2 aromatic rings. The van der Waals surface area contributed by atoms with E-state index in [1.165, 1.54) is 0 Å². The number of piperazine rings is 1. The Morgan fingerprint density at radius 1 is 1.13 bits per heavy atom. The van der Waals surface area contributed by atoms with Crippen LogP contribution < -0.4 is 5.32 Å². The number of aryl methyl sites for hydroxylation is 1. The summed E-state index contributed by atoms with van der Waals surface area (Å²) in [6.45, 7) is 5.28. The molecule has 0 atom stereocenters. The normalized spacial score (nSPS) is 15.5. The van der Waals surface area contributed by atoms with Gasteiger partial charge in [0.15, 0.2) is 0 Å². The predicted molar refractivity (Wildman–Crippen MR) is 89.9 cm³/mol. The SMILES string of the molecule is Cc1ccccc1Nc1nccc(C(=O)N2CCN(C)CC2)n1. The van der Waals surface area contributed by atoms with E-state index in [0.717, 1.165) is 37.4 Å². The van der Waals surface area contributed by atoms with E-state index < -0.39 is 0 Å². The summed E-state index contributed by atoms with van der Waals surface area (Å²) in [6.07, 6.45) is 1.62. The Morgan fingerprint density at radius 3 is 2.61 bits per heavy atom. The van der Waals surface area contributed by atoms with Crippen LogP contribution in [0.5, 0.6) is 0 Å². The summed E-state index contributed by atoms with van der Waals surface area (Å²) < 4.78 is 0. The van der Waals surface area contributed by atoms with Crippen molar-refractivity contribution in [2.75, 3.05) is 38.5 Å². The van der Waals surface area contributed by atoms with E-state index in [-0.39, 0.29) is 5.91 Å². The van der Waals surface area contributed by atoms with Gasteiger partial charge in [-0.1, -0.05) is 18.2 Å². The van der Waals surface area contributed by atoms with Crippen LogP contribution in [0.3, 0.4) is 0 Å². The molecule has 1 aliphatic heterocycles. The molecular weight excluding hydrogens is 290 g/mol. The molecular formula is C17H21N5O. The summed E-state index contributed by atoms with van der Waals surface area (Å²) in [5.41, 5.74) is 2.48. The highest BCUT2D eigenvalue weighted by atomic mass is 16.2. The first-order chi connectivity index (χ1) is 11.1. The zero-order valence-electron chi connectivity index (χ0n) is 13.5. The van der Waals surface area contributed by atoms with Gasteiger partial charge in [0.1, 0.15) is 5.69 Å². The molecule has 23 heavy (non-hydrogen) atoms. The lowest BCUT2D eigenvalue weighted by Gasteiger charge is -2.32. The van der Waals surface area contributed by atoms with Gasteiger partial charge in [-0.05, 0) is 31.7 Å². The fourth-order valence-electron chi connectivity index (χ4n) is 2.54. The Labute approximate surface area is 136 Å².